The summed E-state index contributed by atoms with van der Waals surface area (Å²) in [6, 6.07) is 6.36. The van der Waals surface area contributed by atoms with E-state index in [2.05, 4.69) is 41.5 Å². The predicted octanol–water partition coefficient (Wildman–Crippen LogP) is 3.60. The number of hydrogen-bond donors (Lipinski definition) is 0. The number of allylic oxidation sites excluding steroid dienone is 1. The standard InChI is InChI=1S/C23H29NO2/c1-3-5-21-16-18(7-11-23(25)26-4-2)6-8-19(21)9-10-22-17-24-14-12-20(22)13-15-24/h3,6,8,16,20,22H,1,4-5,7,11-15,17H2,2H3. The molecule has 3 heterocycles. The van der Waals surface area contributed by atoms with Gasteiger partial charge in [0.05, 0.1) is 6.61 Å². The van der Waals surface area contributed by atoms with Crippen molar-refractivity contribution in [2.75, 3.05) is 26.2 Å². The average Bonchev–Trinajstić information content (AvgIpc) is 2.67. The van der Waals surface area contributed by atoms with E-state index < -0.39 is 0 Å². The smallest absolute Gasteiger partial charge is 0.306 e. The molecule has 1 unspecified atom stereocenters. The lowest BCUT2D eigenvalue weighted by Gasteiger charge is -2.42. The second kappa shape index (κ2) is 9.05. The predicted molar refractivity (Wildman–Crippen MR) is 105 cm³/mol. The molecule has 0 N–H and O–H groups in total. The van der Waals surface area contributed by atoms with E-state index in [-0.39, 0.29) is 5.97 Å². The van der Waals surface area contributed by atoms with Crippen LogP contribution in [0.1, 0.15) is 42.9 Å². The normalized spacial score (nSPS) is 23.8. The third kappa shape index (κ3) is 4.77. The van der Waals surface area contributed by atoms with E-state index in [0.717, 1.165) is 30.0 Å². The van der Waals surface area contributed by atoms with Crippen molar-refractivity contribution in [2.45, 2.75) is 39.0 Å². The SMILES string of the molecule is C=CCc1cc(CCC(=O)OCC)ccc1C#CC1CN2CCC1CC2. The van der Waals surface area contributed by atoms with E-state index in [9.17, 15) is 4.79 Å². The largest absolute Gasteiger partial charge is 0.466 e. The number of fused-ring (bicyclic) bond motifs is 3. The topological polar surface area (TPSA) is 29.5 Å². The first-order valence-electron chi connectivity index (χ1n) is 9.81. The highest BCUT2D eigenvalue weighted by molar-refractivity contribution is 5.69. The number of benzene rings is 1. The van der Waals surface area contributed by atoms with E-state index >= 15 is 0 Å². The second-order valence-corrected chi connectivity index (χ2v) is 7.30. The average molecular weight is 351 g/mol. The summed E-state index contributed by atoms with van der Waals surface area (Å²) in [6.45, 7) is 9.78. The summed E-state index contributed by atoms with van der Waals surface area (Å²) in [6.07, 6.45) is 6.45. The molecule has 3 saturated heterocycles. The summed E-state index contributed by atoms with van der Waals surface area (Å²) < 4.78 is 5.01. The van der Waals surface area contributed by atoms with Crippen LogP contribution in [0.2, 0.25) is 0 Å². The number of rotatable bonds is 6. The van der Waals surface area contributed by atoms with Crippen LogP contribution >= 0.6 is 0 Å². The molecule has 3 nitrogen and oxygen atoms in total. The Morgan fingerprint density at radius 3 is 2.85 bits per heavy atom. The van der Waals surface area contributed by atoms with E-state index in [4.69, 9.17) is 4.74 Å². The Morgan fingerprint density at radius 2 is 2.19 bits per heavy atom. The summed E-state index contributed by atoms with van der Waals surface area (Å²) in [5.74, 6) is 8.16. The third-order valence-electron chi connectivity index (χ3n) is 5.51. The highest BCUT2D eigenvalue weighted by Gasteiger charge is 2.32. The van der Waals surface area contributed by atoms with Crippen LogP contribution in [0.4, 0.5) is 0 Å². The summed E-state index contributed by atoms with van der Waals surface area (Å²) >= 11 is 0. The first-order valence-corrected chi connectivity index (χ1v) is 9.81. The summed E-state index contributed by atoms with van der Waals surface area (Å²) in [4.78, 5) is 14.1. The third-order valence-corrected chi connectivity index (χ3v) is 5.51. The highest BCUT2D eigenvalue weighted by atomic mass is 16.5. The molecule has 0 radical (unpaired) electrons. The van der Waals surface area contributed by atoms with Crippen LogP contribution in [0, 0.1) is 23.7 Å². The Balaban J connectivity index is 1.70. The van der Waals surface area contributed by atoms with Gasteiger partial charge in [-0.1, -0.05) is 30.0 Å². The number of carbonyl (C=O) groups excluding carboxylic acids is 1. The molecule has 3 fully saturated rings. The fourth-order valence-corrected chi connectivity index (χ4v) is 4.03. The Kier molecular flexibility index (Phi) is 6.52. The molecule has 1 aromatic rings. The summed E-state index contributed by atoms with van der Waals surface area (Å²) in [5.41, 5.74) is 3.46. The number of piperidine rings is 3. The van der Waals surface area contributed by atoms with Crippen molar-refractivity contribution < 1.29 is 9.53 Å². The maximum atomic E-state index is 11.6. The minimum absolute atomic E-state index is 0.135. The van der Waals surface area contributed by atoms with Gasteiger partial charge < -0.3 is 9.64 Å². The van der Waals surface area contributed by atoms with Gasteiger partial charge in [-0.25, -0.2) is 0 Å². The quantitative estimate of drug-likeness (QED) is 0.445. The molecule has 0 spiro atoms. The fraction of sp³-hybridized carbons (Fsp3) is 0.522. The minimum Gasteiger partial charge on any atom is -0.466 e. The molecule has 3 aliphatic rings. The van der Waals surface area contributed by atoms with Crippen LogP contribution in [-0.2, 0) is 22.4 Å². The van der Waals surface area contributed by atoms with Gasteiger partial charge >= 0.3 is 5.97 Å². The number of nitrogens with zero attached hydrogens (tertiary/aromatic N) is 1. The Bertz CT molecular complexity index is 705. The van der Waals surface area contributed by atoms with Crippen LogP contribution in [0.25, 0.3) is 0 Å². The van der Waals surface area contributed by atoms with Crippen LogP contribution in [0.3, 0.4) is 0 Å². The minimum atomic E-state index is -0.135. The lowest BCUT2D eigenvalue weighted by Crippen LogP contribution is -2.46. The number of aryl methyl sites for hydroxylation is 1. The van der Waals surface area contributed by atoms with Crippen molar-refractivity contribution in [3.63, 3.8) is 0 Å². The molecule has 138 valence electrons. The second-order valence-electron chi connectivity index (χ2n) is 7.30. The number of ether oxygens (including phenoxy) is 1. The molecular formula is C23H29NO2. The van der Waals surface area contributed by atoms with Gasteiger partial charge in [0, 0.05) is 24.4 Å². The summed E-state index contributed by atoms with van der Waals surface area (Å²) in [5, 5.41) is 0. The Morgan fingerprint density at radius 1 is 1.38 bits per heavy atom. The number of hydrogen-bond acceptors (Lipinski definition) is 3. The van der Waals surface area contributed by atoms with Gasteiger partial charge in [0.25, 0.3) is 0 Å². The summed E-state index contributed by atoms with van der Waals surface area (Å²) in [7, 11) is 0. The Hall–Kier alpha value is -2.05. The van der Waals surface area contributed by atoms with E-state index in [0.29, 0.717) is 25.4 Å². The van der Waals surface area contributed by atoms with E-state index in [1.807, 2.05) is 13.0 Å². The van der Waals surface area contributed by atoms with Gasteiger partial charge in [0.15, 0.2) is 0 Å². The molecule has 0 amide bonds. The lowest BCUT2D eigenvalue weighted by molar-refractivity contribution is -0.143. The lowest BCUT2D eigenvalue weighted by atomic mass is 9.79. The first-order chi connectivity index (χ1) is 12.7. The maximum Gasteiger partial charge on any atom is 0.306 e. The molecule has 26 heavy (non-hydrogen) atoms. The molecule has 1 atom stereocenters. The Labute approximate surface area is 157 Å². The van der Waals surface area contributed by atoms with Crippen LogP contribution in [0.5, 0.6) is 0 Å². The van der Waals surface area contributed by atoms with Crippen LogP contribution in [0.15, 0.2) is 30.9 Å². The fourth-order valence-electron chi connectivity index (χ4n) is 4.03. The molecule has 2 bridgehead atoms. The van der Waals surface area contributed by atoms with E-state index in [1.54, 1.807) is 0 Å². The van der Waals surface area contributed by atoms with Crippen LogP contribution in [-0.4, -0.2) is 37.1 Å². The van der Waals surface area contributed by atoms with Crippen molar-refractivity contribution in [3.05, 3.63) is 47.5 Å². The molecule has 0 saturated carbocycles. The zero-order chi connectivity index (χ0) is 18.4. The van der Waals surface area contributed by atoms with Gasteiger partial charge in [-0.15, -0.1) is 6.58 Å². The zero-order valence-corrected chi connectivity index (χ0v) is 15.8. The van der Waals surface area contributed by atoms with E-state index in [1.165, 1.54) is 31.5 Å². The van der Waals surface area contributed by atoms with Gasteiger partial charge in [0.2, 0.25) is 0 Å². The molecule has 3 aliphatic heterocycles. The van der Waals surface area contributed by atoms with Crippen molar-refractivity contribution >= 4 is 5.97 Å². The molecule has 1 aromatic carbocycles. The molecule has 0 aromatic heterocycles. The van der Waals surface area contributed by atoms with Crippen LogP contribution < -0.4 is 0 Å². The van der Waals surface area contributed by atoms with Gasteiger partial charge in [-0.2, -0.15) is 0 Å². The molecule has 4 rings (SSSR count). The molecule has 0 aliphatic carbocycles. The van der Waals surface area contributed by atoms with Crippen molar-refractivity contribution in [3.8, 4) is 11.8 Å². The number of esters is 1. The molecule has 3 heteroatoms. The molecular weight excluding hydrogens is 322 g/mol. The maximum absolute atomic E-state index is 11.6. The van der Waals surface area contributed by atoms with Crippen molar-refractivity contribution in [1.82, 2.24) is 4.90 Å². The van der Waals surface area contributed by atoms with Gasteiger partial charge in [-0.3, -0.25) is 4.79 Å². The zero-order valence-electron chi connectivity index (χ0n) is 15.8. The number of carbonyl (C=O) groups is 1. The first kappa shape index (κ1) is 18.7. The van der Waals surface area contributed by atoms with Crippen molar-refractivity contribution in [2.24, 2.45) is 11.8 Å². The van der Waals surface area contributed by atoms with Crippen molar-refractivity contribution in [1.29, 1.82) is 0 Å². The van der Waals surface area contributed by atoms with Gasteiger partial charge in [0.1, 0.15) is 0 Å². The highest BCUT2D eigenvalue weighted by Crippen LogP contribution is 2.31. The van der Waals surface area contributed by atoms with Gasteiger partial charge in [-0.05, 0) is 68.8 Å². The monoisotopic (exact) mass is 351 g/mol.